The zero-order chi connectivity index (χ0) is 14.7. The summed E-state index contributed by atoms with van der Waals surface area (Å²) < 4.78 is 39.3. The van der Waals surface area contributed by atoms with Gasteiger partial charge < -0.3 is 10.6 Å². The summed E-state index contributed by atoms with van der Waals surface area (Å²) >= 11 is 0. The van der Waals surface area contributed by atoms with Crippen LogP contribution in [-0.4, -0.2) is 18.0 Å². The number of amides is 1. The van der Waals surface area contributed by atoms with Crippen molar-refractivity contribution in [1.29, 1.82) is 0 Å². The molecule has 20 heavy (non-hydrogen) atoms. The fourth-order valence-corrected chi connectivity index (χ4v) is 2.33. The van der Waals surface area contributed by atoms with E-state index in [0.29, 0.717) is 12.1 Å². The van der Waals surface area contributed by atoms with Crippen molar-refractivity contribution in [3.8, 4) is 0 Å². The number of anilines is 1. The highest BCUT2D eigenvalue weighted by Crippen LogP contribution is 2.20. The van der Waals surface area contributed by atoms with Gasteiger partial charge in [0, 0.05) is 18.2 Å². The second-order valence-electron chi connectivity index (χ2n) is 5.10. The Morgan fingerprint density at radius 3 is 2.40 bits per heavy atom. The van der Waals surface area contributed by atoms with E-state index in [1.807, 2.05) is 0 Å². The van der Waals surface area contributed by atoms with Crippen molar-refractivity contribution >= 4 is 11.6 Å². The van der Waals surface area contributed by atoms with Crippen LogP contribution in [0.15, 0.2) is 12.1 Å². The molecule has 0 aliphatic heterocycles. The molecule has 0 heterocycles. The molecule has 1 fully saturated rings. The van der Waals surface area contributed by atoms with E-state index in [1.165, 1.54) is 0 Å². The number of hydrogen-bond acceptors (Lipinski definition) is 2. The largest absolute Gasteiger partial charge is 0.371 e. The van der Waals surface area contributed by atoms with Gasteiger partial charge in [-0.3, -0.25) is 4.79 Å². The quantitative estimate of drug-likeness (QED) is 0.836. The number of carbonyl (C=O) groups is 1. The summed E-state index contributed by atoms with van der Waals surface area (Å²) in [6, 6.07) is 0.597. The highest BCUT2D eigenvalue weighted by molar-refractivity contribution is 5.84. The average Bonchev–Trinajstić information content (AvgIpc) is 2.88. The second-order valence-corrected chi connectivity index (χ2v) is 5.10. The zero-order valence-electron chi connectivity index (χ0n) is 11.2. The maximum absolute atomic E-state index is 13.5. The lowest BCUT2D eigenvalue weighted by atomic mass is 10.2. The SMILES string of the molecule is CC(Nc1cc(F)c(F)cc1F)C(=O)NC1CCCC1. The highest BCUT2D eigenvalue weighted by Gasteiger charge is 2.21. The van der Waals surface area contributed by atoms with Crippen LogP contribution in [0.2, 0.25) is 0 Å². The smallest absolute Gasteiger partial charge is 0.242 e. The molecule has 1 saturated carbocycles. The number of hydrogen-bond donors (Lipinski definition) is 2. The van der Waals surface area contributed by atoms with Crippen LogP contribution in [0.25, 0.3) is 0 Å². The predicted molar refractivity (Wildman–Crippen MR) is 69.8 cm³/mol. The van der Waals surface area contributed by atoms with E-state index in [9.17, 15) is 18.0 Å². The van der Waals surface area contributed by atoms with Gasteiger partial charge in [-0.05, 0) is 19.8 Å². The Kier molecular flexibility index (Phi) is 4.52. The Labute approximate surface area is 115 Å². The molecular formula is C14H17F3N2O. The molecule has 2 rings (SSSR count). The number of benzene rings is 1. The van der Waals surface area contributed by atoms with Gasteiger partial charge in [0.05, 0.1) is 5.69 Å². The minimum absolute atomic E-state index is 0.154. The van der Waals surface area contributed by atoms with Crippen LogP contribution in [0.3, 0.4) is 0 Å². The second kappa shape index (κ2) is 6.15. The fourth-order valence-electron chi connectivity index (χ4n) is 2.33. The summed E-state index contributed by atoms with van der Waals surface area (Å²) in [6.45, 7) is 1.55. The van der Waals surface area contributed by atoms with Gasteiger partial charge in [0.15, 0.2) is 11.6 Å². The number of carbonyl (C=O) groups excluding carboxylic acids is 1. The molecule has 0 aromatic heterocycles. The third-order valence-corrected chi connectivity index (χ3v) is 3.48. The molecule has 1 aliphatic rings. The first kappa shape index (κ1) is 14.7. The normalized spacial score (nSPS) is 17.0. The third kappa shape index (κ3) is 3.43. The topological polar surface area (TPSA) is 41.1 Å². The van der Waals surface area contributed by atoms with Gasteiger partial charge in [-0.25, -0.2) is 13.2 Å². The highest BCUT2D eigenvalue weighted by atomic mass is 19.2. The third-order valence-electron chi connectivity index (χ3n) is 3.48. The molecule has 1 aromatic carbocycles. The van der Waals surface area contributed by atoms with Crippen LogP contribution in [0.4, 0.5) is 18.9 Å². The summed E-state index contributed by atoms with van der Waals surface area (Å²) in [5.74, 6) is -3.61. The monoisotopic (exact) mass is 286 g/mol. The lowest BCUT2D eigenvalue weighted by Gasteiger charge is -2.19. The van der Waals surface area contributed by atoms with Crippen LogP contribution in [0, 0.1) is 17.5 Å². The van der Waals surface area contributed by atoms with Crippen LogP contribution < -0.4 is 10.6 Å². The maximum Gasteiger partial charge on any atom is 0.242 e. The predicted octanol–water partition coefficient (Wildman–Crippen LogP) is 2.96. The molecule has 1 aromatic rings. The molecular weight excluding hydrogens is 269 g/mol. The molecule has 1 amide bonds. The molecule has 1 unspecified atom stereocenters. The van der Waals surface area contributed by atoms with Gasteiger partial charge in [0.2, 0.25) is 5.91 Å². The van der Waals surface area contributed by atoms with Crippen molar-refractivity contribution in [2.75, 3.05) is 5.32 Å². The summed E-state index contributed by atoms with van der Waals surface area (Å²) in [4.78, 5) is 11.9. The van der Waals surface area contributed by atoms with Crippen molar-refractivity contribution in [3.05, 3.63) is 29.6 Å². The standard InChI is InChI=1S/C14H17F3N2O/c1-8(14(20)19-9-4-2-3-5-9)18-13-7-11(16)10(15)6-12(13)17/h6-9,18H,2-5H2,1H3,(H,19,20). The van der Waals surface area contributed by atoms with Crippen LogP contribution in [-0.2, 0) is 4.79 Å². The van der Waals surface area contributed by atoms with E-state index in [1.54, 1.807) is 6.92 Å². The first-order valence-corrected chi connectivity index (χ1v) is 6.69. The van der Waals surface area contributed by atoms with E-state index in [-0.39, 0.29) is 17.6 Å². The summed E-state index contributed by atoms with van der Waals surface area (Å²) in [5, 5.41) is 5.41. The zero-order valence-corrected chi connectivity index (χ0v) is 11.2. The molecule has 110 valence electrons. The lowest BCUT2D eigenvalue weighted by molar-refractivity contribution is -0.122. The number of nitrogens with one attached hydrogen (secondary N) is 2. The summed E-state index contributed by atoms with van der Waals surface area (Å²) in [5.41, 5.74) is -0.224. The Hall–Kier alpha value is -1.72. The average molecular weight is 286 g/mol. The van der Waals surface area contributed by atoms with Crippen molar-refractivity contribution in [3.63, 3.8) is 0 Å². The van der Waals surface area contributed by atoms with E-state index in [4.69, 9.17) is 0 Å². The maximum atomic E-state index is 13.5. The van der Waals surface area contributed by atoms with Gasteiger partial charge in [0.25, 0.3) is 0 Å². The first-order valence-electron chi connectivity index (χ1n) is 6.69. The van der Waals surface area contributed by atoms with Crippen molar-refractivity contribution in [1.82, 2.24) is 5.32 Å². The minimum atomic E-state index is -1.25. The molecule has 0 spiro atoms. The summed E-state index contributed by atoms with van der Waals surface area (Å²) in [6.07, 6.45) is 4.06. The van der Waals surface area contributed by atoms with Gasteiger partial charge in [-0.1, -0.05) is 12.8 Å². The van der Waals surface area contributed by atoms with Crippen LogP contribution >= 0.6 is 0 Å². The molecule has 3 nitrogen and oxygen atoms in total. The first-order chi connectivity index (χ1) is 9.47. The number of halogens is 3. The number of rotatable bonds is 4. The molecule has 0 radical (unpaired) electrons. The Morgan fingerprint density at radius 1 is 1.15 bits per heavy atom. The van der Waals surface area contributed by atoms with Gasteiger partial charge in [-0.2, -0.15) is 0 Å². The molecule has 1 atom stereocenters. The van der Waals surface area contributed by atoms with E-state index >= 15 is 0 Å². The summed E-state index contributed by atoms with van der Waals surface area (Å²) in [7, 11) is 0. The van der Waals surface area contributed by atoms with Crippen LogP contribution in [0.1, 0.15) is 32.6 Å². The molecule has 0 bridgehead atoms. The van der Waals surface area contributed by atoms with Crippen molar-refractivity contribution in [2.24, 2.45) is 0 Å². The molecule has 6 heteroatoms. The van der Waals surface area contributed by atoms with Crippen molar-refractivity contribution in [2.45, 2.75) is 44.7 Å². The van der Waals surface area contributed by atoms with Gasteiger partial charge in [0.1, 0.15) is 11.9 Å². The molecule has 1 aliphatic carbocycles. The Bertz CT molecular complexity index is 501. The lowest BCUT2D eigenvalue weighted by Crippen LogP contribution is -2.42. The van der Waals surface area contributed by atoms with Gasteiger partial charge >= 0.3 is 0 Å². The molecule has 0 saturated heterocycles. The Morgan fingerprint density at radius 2 is 1.75 bits per heavy atom. The minimum Gasteiger partial charge on any atom is -0.371 e. The van der Waals surface area contributed by atoms with Gasteiger partial charge in [-0.15, -0.1) is 0 Å². The van der Waals surface area contributed by atoms with E-state index in [0.717, 1.165) is 25.7 Å². The fraction of sp³-hybridized carbons (Fsp3) is 0.500. The Balaban J connectivity index is 1.98. The van der Waals surface area contributed by atoms with Crippen LogP contribution in [0.5, 0.6) is 0 Å². The molecule has 2 N–H and O–H groups in total. The van der Waals surface area contributed by atoms with E-state index < -0.39 is 23.5 Å². The van der Waals surface area contributed by atoms with Crippen molar-refractivity contribution < 1.29 is 18.0 Å². The van der Waals surface area contributed by atoms with E-state index in [2.05, 4.69) is 10.6 Å².